The van der Waals surface area contributed by atoms with Crippen LogP contribution >= 0.6 is 0 Å². The Kier molecular flexibility index (Phi) is 6.26. The van der Waals surface area contributed by atoms with Gasteiger partial charge in [0.2, 0.25) is 0 Å². The van der Waals surface area contributed by atoms with Crippen molar-refractivity contribution in [2.45, 2.75) is 38.3 Å². The van der Waals surface area contributed by atoms with Crippen LogP contribution in [0.3, 0.4) is 0 Å². The van der Waals surface area contributed by atoms with Crippen LogP contribution in [-0.4, -0.2) is 25.2 Å². The molecule has 0 spiro atoms. The van der Waals surface area contributed by atoms with E-state index in [1.54, 1.807) is 26.4 Å². The molecule has 0 aliphatic carbocycles. The maximum absolute atomic E-state index is 10.8. The molecule has 0 saturated heterocycles. The fraction of sp³-hybridized carbons (Fsp3) is 0.364. The Labute approximate surface area is 170 Å². The van der Waals surface area contributed by atoms with Gasteiger partial charge in [-0.15, -0.1) is 0 Å². The third-order valence-corrected chi connectivity index (χ3v) is 5.28. The molecule has 0 N–H and O–H groups in total. The van der Waals surface area contributed by atoms with Crippen molar-refractivity contribution in [1.29, 1.82) is 0 Å². The van der Waals surface area contributed by atoms with Gasteiger partial charge in [0, 0.05) is 18.1 Å². The zero-order chi connectivity index (χ0) is 21.0. The highest BCUT2D eigenvalue weighted by molar-refractivity contribution is 5.56. The van der Waals surface area contributed by atoms with Crippen LogP contribution in [0.25, 0.3) is 6.08 Å². The number of rotatable bonds is 6. The van der Waals surface area contributed by atoms with Gasteiger partial charge in [0.15, 0.2) is 11.5 Å². The largest absolute Gasteiger partial charge is 0.493 e. The summed E-state index contributed by atoms with van der Waals surface area (Å²) < 4.78 is 11.0. The van der Waals surface area contributed by atoms with E-state index in [-0.39, 0.29) is 23.7 Å². The third kappa shape index (κ3) is 4.29. The van der Waals surface area contributed by atoms with Crippen molar-refractivity contribution in [3.63, 3.8) is 0 Å². The predicted octanol–water partition coefficient (Wildman–Crippen LogP) is 5.71. The van der Waals surface area contributed by atoms with E-state index in [2.05, 4.69) is 24.1 Å². The summed E-state index contributed by atoms with van der Waals surface area (Å²) in [7, 11) is 3.25. The highest BCUT2D eigenvalue weighted by Crippen LogP contribution is 2.42. The number of hydrogen-bond donors (Lipinski definition) is 0. The summed E-state index contributed by atoms with van der Waals surface area (Å²) in [5, 5.41) is 19.9. The molecule has 3 unspecified atom stereocenters. The van der Waals surface area contributed by atoms with E-state index in [9.17, 15) is 10.1 Å². The fourth-order valence-electron chi connectivity index (χ4n) is 3.68. The number of azo groups is 1. The van der Waals surface area contributed by atoms with E-state index in [1.807, 2.05) is 24.3 Å². The molecule has 3 atom stereocenters. The average Bonchev–Trinajstić information content (AvgIpc) is 2.86. The Morgan fingerprint density at radius 3 is 2.24 bits per heavy atom. The Balaban J connectivity index is 2.02. The van der Waals surface area contributed by atoms with E-state index < -0.39 is 4.92 Å². The molecule has 0 radical (unpaired) electrons. The predicted molar refractivity (Wildman–Crippen MR) is 112 cm³/mol. The molecule has 152 valence electrons. The normalized spacial score (nSPS) is 20.9. The van der Waals surface area contributed by atoms with E-state index in [1.165, 1.54) is 12.1 Å². The van der Waals surface area contributed by atoms with E-state index in [4.69, 9.17) is 9.47 Å². The molecule has 7 nitrogen and oxygen atoms in total. The SMILES string of the molecule is CCC1c2cc(OC)c(OC)cc2C(C=Cc2ccc([N+](=O)[O-])cc2)N=NC1C. The van der Waals surface area contributed by atoms with Crippen LogP contribution in [0.15, 0.2) is 52.7 Å². The number of nitro groups is 1. The molecule has 0 amide bonds. The molecule has 0 bridgehead atoms. The Bertz CT molecular complexity index is 938. The van der Waals surface area contributed by atoms with Gasteiger partial charge in [-0.3, -0.25) is 10.1 Å². The van der Waals surface area contributed by atoms with Crippen LogP contribution < -0.4 is 9.47 Å². The monoisotopic (exact) mass is 395 g/mol. The lowest BCUT2D eigenvalue weighted by atomic mass is 9.85. The minimum absolute atomic E-state index is 0.0506. The van der Waals surface area contributed by atoms with Crippen LogP contribution in [0.5, 0.6) is 11.5 Å². The number of nitrogens with zero attached hydrogens (tertiary/aromatic N) is 3. The third-order valence-electron chi connectivity index (χ3n) is 5.28. The smallest absolute Gasteiger partial charge is 0.269 e. The summed E-state index contributed by atoms with van der Waals surface area (Å²) in [6.45, 7) is 4.21. The first kappa shape index (κ1) is 20.5. The molecule has 7 heteroatoms. The summed E-state index contributed by atoms with van der Waals surface area (Å²) in [5.74, 6) is 1.57. The number of methoxy groups -OCH3 is 2. The Morgan fingerprint density at radius 1 is 1.07 bits per heavy atom. The van der Waals surface area contributed by atoms with Crippen molar-refractivity contribution in [2.75, 3.05) is 14.2 Å². The number of nitro benzene ring substituents is 1. The molecular weight excluding hydrogens is 370 g/mol. The first-order valence-electron chi connectivity index (χ1n) is 9.56. The summed E-state index contributed by atoms with van der Waals surface area (Å²) >= 11 is 0. The molecule has 0 aromatic heterocycles. The van der Waals surface area contributed by atoms with Crippen molar-refractivity contribution < 1.29 is 14.4 Å². The van der Waals surface area contributed by atoms with E-state index >= 15 is 0 Å². The summed E-state index contributed by atoms with van der Waals surface area (Å²) in [6.07, 6.45) is 4.80. The molecule has 1 heterocycles. The van der Waals surface area contributed by atoms with Gasteiger partial charge in [0.05, 0.1) is 25.2 Å². The molecule has 2 aromatic carbocycles. The van der Waals surface area contributed by atoms with Crippen LogP contribution in [0.1, 0.15) is 48.9 Å². The highest BCUT2D eigenvalue weighted by Gasteiger charge is 2.28. The molecule has 0 saturated carbocycles. The van der Waals surface area contributed by atoms with Gasteiger partial charge in [-0.2, -0.15) is 10.2 Å². The van der Waals surface area contributed by atoms with Gasteiger partial charge < -0.3 is 9.47 Å². The maximum atomic E-state index is 10.8. The molecule has 1 aliphatic heterocycles. The second-order valence-electron chi connectivity index (χ2n) is 6.97. The second-order valence-corrected chi connectivity index (χ2v) is 6.97. The summed E-state index contributed by atoms with van der Waals surface area (Å²) in [6, 6.07) is 10.2. The molecule has 0 fully saturated rings. The fourth-order valence-corrected chi connectivity index (χ4v) is 3.68. The van der Waals surface area contributed by atoms with Crippen molar-refractivity contribution >= 4 is 11.8 Å². The van der Waals surface area contributed by atoms with Crippen molar-refractivity contribution in [2.24, 2.45) is 10.2 Å². The number of ether oxygens (including phenoxy) is 2. The molecule has 2 aromatic rings. The van der Waals surface area contributed by atoms with Gasteiger partial charge in [0.1, 0.15) is 6.04 Å². The number of non-ortho nitro benzene ring substituents is 1. The Hall–Kier alpha value is -3.22. The van der Waals surface area contributed by atoms with Crippen LogP contribution in [0.2, 0.25) is 0 Å². The lowest BCUT2D eigenvalue weighted by Crippen LogP contribution is -2.13. The summed E-state index contributed by atoms with van der Waals surface area (Å²) in [5.41, 5.74) is 3.11. The Morgan fingerprint density at radius 2 is 1.69 bits per heavy atom. The van der Waals surface area contributed by atoms with Gasteiger partial charge in [-0.25, -0.2) is 0 Å². The minimum atomic E-state index is -0.408. The molecular formula is C22H25N3O4. The first-order chi connectivity index (χ1) is 14.0. The van der Waals surface area contributed by atoms with E-state index in [0.717, 1.165) is 23.1 Å². The first-order valence-corrected chi connectivity index (χ1v) is 9.56. The van der Waals surface area contributed by atoms with E-state index in [0.29, 0.717) is 11.5 Å². The second kappa shape index (κ2) is 8.86. The number of hydrogen-bond acceptors (Lipinski definition) is 6. The van der Waals surface area contributed by atoms with Crippen LogP contribution in [-0.2, 0) is 0 Å². The average molecular weight is 395 g/mol. The molecule has 1 aliphatic rings. The van der Waals surface area contributed by atoms with Gasteiger partial charge in [-0.05, 0) is 54.3 Å². The highest BCUT2D eigenvalue weighted by atomic mass is 16.6. The number of fused-ring (bicyclic) bond motifs is 1. The standard InChI is InChI=1S/C22H25N3O4/c1-5-17-14(2)23-24-20(11-8-15-6-9-16(10-7-15)25(26)27)19-13-22(29-4)21(28-3)12-18(17)19/h6-14,17,20H,5H2,1-4H3. The van der Waals surface area contributed by atoms with Gasteiger partial charge >= 0.3 is 0 Å². The zero-order valence-electron chi connectivity index (χ0n) is 17.0. The van der Waals surface area contributed by atoms with Crippen LogP contribution in [0.4, 0.5) is 5.69 Å². The zero-order valence-corrected chi connectivity index (χ0v) is 17.0. The van der Waals surface area contributed by atoms with Crippen molar-refractivity contribution in [3.8, 4) is 11.5 Å². The lowest BCUT2D eigenvalue weighted by Gasteiger charge is -2.22. The van der Waals surface area contributed by atoms with Gasteiger partial charge in [0.25, 0.3) is 5.69 Å². The molecule has 29 heavy (non-hydrogen) atoms. The van der Waals surface area contributed by atoms with Crippen molar-refractivity contribution in [1.82, 2.24) is 0 Å². The van der Waals surface area contributed by atoms with Crippen LogP contribution in [0, 0.1) is 10.1 Å². The van der Waals surface area contributed by atoms with Gasteiger partial charge in [-0.1, -0.05) is 19.1 Å². The number of benzene rings is 2. The minimum Gasteiger partial charge on any atom is -0.493 e. The molecule has 3 rings (SSSR count). The quantitative estimate of drug-likeness (QED) is 0.463. The lowest BCUT2D eigenvalue weighted by molar-refractivity contribution is -0.384. The van der Waals surface area contributed by atoms with Crippen molar-refractivity contribution in [3.05, 3.63) is 69.3 Å². The maximum Gasteiger partial charge on any atom is 0.269 e. The summed E-state index contributed by atoms with van der Waals surface area (Å²) in [4.78, 5) is 10.4. The topological polar surface area (TPSA) is 86.3 Å².